The Balaban J connectivity index is 1.82. The monoisotopic (exact) mass is 308 g/mol. The van der Waals surface area contributed by atoms with Gasteiger partial charge in [-0.2, -0.15) is 16.9 Å². The zero-order valence-electron chi connectivity index (χ0n) is 11.9. The summed E-state index contributed by atoms with van der Waals surface area (Å²) in [6.07, 6.45) is 3.76. The van der Waals surface area contributed by atoms with Gasteiger partial charge in [-0.25, -0.2) is 4.98 Å². The summed E-state index contributed by atoms with van der Waals surface area (Å²) in [5.41, 5.74) is 1.54. The standard InChI is InChI=1S/C14H20N4S2/c1-3-15-11(7-14-16-9-17-18(14)2)13-6-10-8-19-5-4-12(10)20-13/h6,9,11,15H,3-5,7-8H2,1-2H3. The number of thioether (sulfide) groups is 1. The van der Waals surface area contributed by atoms with Gasteiger partial charge in [0.25, 0.3) is 0 Å². The van der Waals surface area contributed by atoms with Crippen LogP contribution in [0.15, 0.2) is 12.4 Å². The quantitative estimate of drug-likeness (QED) is 0.922. The second-order valence-electron chi connectivity index (χ2n) is 5.01. The van der Waals surface area contributed by atoms with Crippen LogP contribution >= 0.6 is 23.1 Å². The van der Waals surface area contributed by atoms with Crippen LogP contribution in [0.3, 0.4) is 0 Å². The van der Waals surface area contributed by atoms with Crippen LogP contribution in [0.5, 0.6) is 0 Å². The molecule has 0 saturated heterocycles. The van der Waals surface area contributed by atoms with Gasteiger partial charge in [0.1, 0.15) is 12.2 Å². The van der Waals surface area contributed by atoms with E-state index in [0.717, 1.165) is 18.8 Å². The average Bonchev–Trinajstić information content (AvgIpc) is 3.04. The zero-order valence-corrected chi connectivity index (χ0v) is 13.6. The molecule has 1 aliphatic heterocycles. The highest BCUT2D eigenvalue weighted by atomic mass is 32.2. The molecule has 3 heterocycles. The molecule has 0 aliphatic carbocycles. The van der Waals surface area contributed by atoms with Crippen molar-refractivity contribution in [2.24, 2.45) is 7.05 Å². The van der Waals surface area contributed by atoms with Crippen LogP contribution in [0.1, 0.15) is 34.1 Å². The first-order valence-corrected chi connectivity index (χ1v) is 9.00. The lowest BCUT2D eigenvalue weighted by atomic mass is 10.1. The molecule has 108 valence electrons. The Kier molecular flexibility index (Phi) is 4.43. The summed E-state index contributed by atoms with van der Waals surface area (Å²) in [4.78, 5) is 7.39. The van der Waals surface area contributed by atoms with Gasteiger partial charge in [-0.1, -0.05) is 6.92 Å². The first-order valence-electron chi connectivity index (χ1n) is 7.03. The predicted molar refractivity (Wildman–Crippen MR) is 85.3 cm³/mol. The Morgan fingerprint density at radius 3 is 3.10 bits per heavy atom. The Morgan fingerprint density at radius 1 is 1.50 bits per heavy atom. The molecule has 4 nitrogen and oxygen atoms in total. The number of fused-ring (bicyclic) bond motifs is 1. The van der Waals surface area contributed by atoms with E-state index in [1.54, 1.807) is 16.8 Å². The lowest BCUT2D eigenvalue weighted by Crippen LogP contribution is -2.23. The first-order chi connectivity index (χ1) is 9.78. The van der Waals surface area contributed by atoms with Crippen LogP contribution in [0.2, 0.25) is 0 Å². The normalized spacial score (nSPS) is 16.1. The lowest BCUT2D eigenvalue weighted by molar-refractivity contribution is 0.529. The number of nitrogens with zero attached hydrogens (tertiary/aromatic N) is 3. The molecule has 1 atom stereocenters. The molecule has 20 heavy (non-hydrogen) atoms. The molecule has 0 bridgehead atoms. The van der Waals surface area contributed by atoms with Gasteiger partial charge in [-0.15, -0.1) is 11.3 Å². The molecule has 2 aromatic heterocycles. The maximum atomic E-state index is 4.36. The number of nitrogens with one attached hydrogen (secondary N) is 1. The van der Waals surface area contributed by atoms with E-state index in [1.165, 1.54) is 22.8 Å². The van der Waals surface area contributed by atoms with E-state index in [2.05, 4.69) is 28.4 Å². The van der Waals surface area contributed by atoms with Gasteiger partial charge in [0.15, 0.2) is 0 Å². The molecule has 1 aliphatic rings. The first kappa shape index (κ1) is 14.1. The molecule has 0 aromatic carbocycles. The van der Waals surface area contributed by atoms with Gasteiger partial charge in [-0.3, -0.25) is 4.68 Å². The van der Waals surface area contributed by atoms with Crippen molar-refractivity contribution < 1.29 is 0 Å². The summed E-state index contributed by atoms with van der Waals surface area (Å²) in [5.74, 6) is 3.48. The molecular formula is C14H20N4S2. The summed E-state index contributed by atoms with van der Waals surface area (Å²) in [6.45, 7) is 3.13. The number of hydrogen-bond donors (Lipinski definition) is 1. The Morgan fingerprint density at radius 2 is 2.40 bits per heavy atom. The number of aromatic nitrogens is 3. The minimum absolute atomic E-state index is 0.350. The number of thiophene rings is 1. The van der Waals surface area contributed by atoms with Crippen molar-refractivity contribution in [1.82, 2.24) is 20.1 Å². The van der Waals surface area contributed by atoms with Crippen LogP contribution in [0, 0.1) is 0 Å². The van der Waals surface area contributed by atoms with Gasteiger partial charge in [0, 0.05) is 35.0 Å². The number of rotatable bonds is 5. The highest BCUT2D eigenvalue weighted by Crippen LogP contribution is 2.35. The van der Waals surface area contributed by atoms with Gasteiger partial charge in [-0.05, 0) is 30.3 Å². The van der Waals surface area contributed by atoms with Crippen molar-refractivity contribution in [3.63, 3.8) is 0 Å². The summed E-state index contributed by atoms with van der Waals surface area (Å²) in [5, 5.41) is 7.76. The molecule has 6 heteroatoms. The fourth-order valence-electron chi connectivity index (χ4n) is 2.55. The summed E-state index contributed by atoms with van der Waals surface area (Å²) >= 11 is 4.02. The van der Waals surface area contributed by atoms with Gasteiger partial charge < -0.3 is 5.32 Å². The topological polar surface area (TPSA) is 42.7 Å². The van der Waals surface area contributed by atoms with Crippen LogP contribution < -0.4 is 5.32 Å². The van der Waals surface area contributed by atoms with E-state index < -0.39 is 0 Å². The lowest BCUT2D eigenvalue weighted by Gasteiger charge is -2.15. The van der Waals surface area contributed by atoms with E-state index in [-0.39, 0.29) is 0 Å². The third-order valence-electron chi connectivity index (χ3n) is 3.63. The average molecular weight is 308 g/mol. The third kappa shape index (κ3) is 2.92. The predicted octanol–water partition coefficient (Wildman–Crippen LogP) is 2.56. The molecule has 2 aromatic rings. The van der Waals surface area contributed by atoms with Crippen molar-refractivity contribution in [3.8, 4) is 0 Å². The van der Waals surface area contributed by atoms with Gasteiger partial charge in [0.05, 0.1) is 0 Å². The minimum atomic E-state index is 0.350. The van der Waals surface area contributed by atoms with E-state index in [4.69, 9.17) is 0 Å². The van der Waals surface area contributed by atoms with Crippen molar-refractivity contribution >= 4 is 23.1 Å². The van der Waals surface area contributed by atoms with E-state index >= 15 is 0 Å². The second-order valence-corrected chi connectivity index (χ2v) is 7.29. The highest BCUT2D eigenvalue weighted by Gasteiger charge is 2.20. The van der Waals surface area contributed by atoms with Gasteiger partial charge in [0.2, 0.25) is 0 Å². The van der Waals surface area contributed by atoms with Crippen molar-refractivity contribution in [1.29, 1.82) is 0 Å². The van der Waals surface area contributed by atoms with Crippen LogP contribution in [-0.2, 0) is 25.6 Å². The van der Waals surface area contributed by atoms with Crippen LogP contribution in [-0.4, -0.2) is 27.1 Å². The van der Waals surface area contributed by atoms with Crippen LogP contribution in [0.25, 0.3) is 0 Å². The number of hydrogen-bond acceptors (Lipinski definition) is 5. The summed E-state index contributed by atoms with van der Waals surface area (Å²) in [7, 11) is 1.96. The van der Waals surface area contributed by atoms with Crippen LogP contribution in [0.4, 0.5) is 0 Å². The zero-order chi connectivity index (χ0) is 13.9. The Bertz CT molecular complexity index is 552. The molecule has 0 amide bonds. The number of aryl methyl sites for hydroxylation is 2. The highest BCUT2D eigenvalue weighted by molar-refractivity contribution is 7.98. The van der Waals surface area contributed by atoms with Gasteiger partial charge >= 0.3 is 0 Å². The third-order valence-corrected chi connectivity index (χ3v) is 5.99. The minimum Gasteiger partial charge on any atom is -0.309 e. The fourth-order valence-corrected chi connectivity index (χ4v) is 5.00. The number of likely N-dealkylation sites (N-methyl/N-ethyl adjacent to an activating group) is 1. The molecular weight excluding hydrogens is 288 g/mol. The maximum absolute atomic E-state index is 4.36. The van der Waals surface area contributed by atoms with E-state index in [0.29, 0.717) is 6.04 Å². The summed E-state index contributed by atoms with van der Waals surface area (Å²) < 4.78 is 1.87. The molecule has 0 spiro atoms. The second kappa shape index (κ2) is 6.28. The van der Waals surface area contributed by atoms with Crippen molar-refractivity contribution in [2.75, 3.05) is 12.3 Å². The molecule has 1 unspecified atom stereocenters. The molecule has 0 saturated carbocycles. The molecule has 3 rings (SSSR count). The van der Waals surface area contributed by atoms with Crippen molar-refractivity contribution in [3.05, 3.63) is 33.5 Å². The fraction of sp³-hybridized carbons (Fsp3) is 0.571. The van der Waals surface area contributed by atoms with E-state index in [9.17, 15) is 0 Å². The molecule has 0 radical (unpaired) electrons. The SMILES string of the molecule is CCNC(Cc1ncnn1C)c1cc2c(s1)CCSC2. The molecule has 1 N–H and O–H groups in total. The van der Waals surface area contributed by atoms with Crippen molar-refractivity contribution in [2.45, 2.75) is 31.6 Å². The molecule has 0 fully saturated rings. The largest absolute Gasteiger partial charge is 0.309 e. The maximum Gasteiger partial charge on any atom is 0.138 e. The van der Waals surface area contributed by atoms with E-state index in [1.807, 2.05) is 34.8 Å². The Hall–Kier alpha value is -0.850. The summed E-state index contributed by atoms with van der Waals surface area (Å²) in [6, 6.07) is 2.75. The smallest absolute Gasteiger partial charge is 0.138 e. The Labute approximate surface area is 128 Å².